The Labute approximate surface area is 200 Å². The lowest BCUT2D eigenvalue weighted by Gasteiger charge is -2.12. The second kappa shape index (κ2) is 9.17. The van der Waals surface area contributed by atoms with Crippen LogP contribution in [0.5, 0.6) is 5.75 Å². The first-order chi connectivity index (χ1) is 16.1. The minimum Gasteiger partial charge on any atom is -0.492 e. The number of rotatable bonds is 6. The van der Waals surface area contributed by atoms with Crippen molar-refractivity contribution in [3.8, 4) is 5.75 Å². The second-order valence-electron chi connectivity index (χ2n) is 7.45. The summed E-state index contributed by atoms with van der Waals surface area (Å²) in [5.74, 6) is 0.488. The third-order valence-corrected chi connectivity index (χ3v) is 6.45. The van der Waals surface area contributed by atoms with Crippen LogP contribution < -0.4 is 9.64 Å². The van der Waals surface area contributed by atoms with Crippen molar-refractivity contribution in [1.82, 2.24) is 4.57 Å². The highest BCUT2D eigenvalue weighted by Crippen LogP contribution is 2.37. The average molecular weight is 475 g/mol. The first-order valence-corrected chi connectivity index (χ1v) is 11.6. The zero-order valence-electron chi connectivity index (χ0n) is 17.5. The van der Waals surface area contributed by atoms with Gasteiger partial charge in [-0.05, 0) is 60.3 Å². The number of carbonyl (C=O) groups excluding carboxylic acids is 2. The summed E-state index contributed by atoms with van der Waals surface area (Å²) in [5.41, 5.74) is 2.43. The van der Waals surface area contributed by atoms with Crippen molar-refractivity contribution in [3.05, 3.63) is 101 Å². The Morgan fingerprint density at radius 1 is 0.909 bits per heavy atom. The van der Waals surface area contributed by atoms with Gasteiger partial charge in [-0.25, -0.2) is 4.90 Å². The zero-order chi connectivity index (χ0) is 22.8. The zero-order valence-corrected chi connectivity index (χ0v) is 19.1. The third-order valence-electron chi connectivity index (χ3n) is 5.33. The molecule has 0 radical (unpaired) electrons. The maximum absolute atomic E-state index is 13.0. The van der Waals surface area contributed by atoms with Crippen LogP contribution in [0.4, 0.5) is 10.5 Å². The van der Waals surface area contributed by atoms with Gasteiger partial charge in [0.2, 0.25) is 0 Å². The van der Waals surface area contributed by atoms with Crippen molar-refractivity contribution >= 4 is 57.2 Å². The van der Waals surface area contributed by atoms with Crippen LogP contribution in [0.2, 0.25) is 5.02 Å². The van der Waals surface area contributed by atoms with E-state index in [2.05, 4.69) is 4.57 Å². The quantitative estimate of drug-likeness (QED) is 0.295. The number of amides is 2. The fraction of sp³-hybridized carbons (Fsp3) is 0.0769. The second-order valence-corrected chi connectivity index (χ2v) is 8.88. The van der Waals surface area contributed by atoms with Crippen LogP contribution in [0, 0.1) is 0 Å². The van der Waals surface area contributed by atoms with Crippen LogP contribution in [-0.4, -0.2) is 22.3 Å². The molecule has 2 amide bonds. The molecule has 0 atom stereocenters. The maximum atomic E-state index is 13.0. The number of imide groups is 1. The fourth-order valence-electron chi connectivity index (χ4n) is 3.78. The Kier molecular flexibility index (Phi) is 5.94. The van der Waals surface area contributed by atoms with E-state index in [4.69, 9.17) is 16.3 Å². The van der Waals surface area contributed by atoms with E-state index in [0.717, 1.165) is 34.0 Å². The van der Waals surface area contributed by atoms with Gasteiger partial charge in [0.05, 0.1) is 17.1 Å². The summed E-state index contributed by atoms with van der Waals surface area (Å²) in [5, 5.41) is 1.23. The highest BCUT2D eigenvalue weighted by atomic mass is 35.5. The largest absolute Gasteiger partial charge is 0.492 e. The highest BCUT2D eigenvalue weighted by Gasteiger charge is 2.36. The summed E-state index contributed by atoms with van der Waals surface area (Å²) in [6.45, 7) is 1.16. The molecule has 1 aliphatic heterocycles. The van der Waals surface area contributed by atoms with Gasteiger partial charge >= 0.3 is 0 Å². The number of thioether (sulfide) groups is 1. The van der Waals surface area contributed by atoms with Crippen LogP contribution in [0.1, 0.15) is 5.56 Å². The Balaban J connectivity index is 1.41. The molecule has 0 aliphatic carbocycles. The predicted molar refractivity (Wildman–Crippen MR) is 134 cm³/mol. The average Bonchev–Trinajstić information content (AvgIpc) is 3.32. The van der Waals surface area contributed by atoms with Crippen molar-refractivity contribution in [2.24, 2.45) is 0 Å². The van der Waals surface area contributed by atoms with Gasteiger partial charge in [-0.15, -0.1) is 0 Å². The molecule has 1 aromatic heterocycles. The molecule has 0 bridgehead atoms. The Morgan fingerprint density at radius 3 is 2.42 bits per heavy atom. The summed E-state index contributed by atoms with van der Waals surface area (Å²) in [4.78, 5) is 27.2. The molecule has 4 aromatic rings. The molecule has 5 nitrogen and oxygen atoms in total. The standard InChI is InChI=1S/C26H19ClN2O3S/c27-19-10-12-20(13-11-19)29-25(30)24(33-26(29)31)16-18-17-28(23-9-5-4-8-22(18)23)14-15-32-21-6-2-1-3-7-21/h1-13,16-17H,14-15H2/b24-16-. The fourth-order valence-corrected chi connectivity index (χ4v) is 4.73. The molecule has 0 N–H and O–H groups in total. The number of carbonyl (C=O) groups is 2. The normalized spacial score (nSPS) is 15.1. The number of para-hydroxylation sites is 2. The first-order valence-electron chi connectivity index (χ1n) is 10.4. The minimum atomic E-state index is -0.337. The molecule has 1 saturated heterocycles. The number of benzene rings is 3. The van der Waals surface area contributed by atoms with Gasteiger partial charge in [0.1, 0.15) is 12.4 Å². The van der Waals surface area contributed by atoms with Crippen molar-refractivity contribution in [3.63, 3.8) is 0 Å². The summed E-state index contributed by atoms with van der Waals surface area (Å²) in [7, 11) is 0. The van der Waals surface area contributed by atoms with E-state index in [0.29, 0.717) is 28.8 Å². The first kappa shape index (κ1) is 21.4. The molecule has 1 fully saturated rings. The molecule has 5 rings (SSSR count). The summed E-state index contributed by atoms with van der Waals surface area (Å²) < 4.78 is 7.95. The van der Waals surface area contributed by atoms with E-state index >= 15 is 0 Å². The SMILES string of the molecule is O=C1S/C(=C\c2cn(CCOc3ccccc3)c3ccccc23)C(=O)N1c1ccc(Cl)cc1. The van der Waals surface area contributed by atoms with Crippen molar-refractivity contribution in [2.45, 2.75) is 6.54 Å². The van der Waals surface area contributed by atoms with E-state index in [-0.39, 0.29) is 11.1 Å². The van der Waals surface area contributed by atoms with Crippen molar-refractivity contribution in [1.29, 1.82) is 0 Å². The van der Waals surface area contributed by atoms with Gasteiger partial charge in [0.25, 0.3) is 11.1 Å². The van der Waals surface area contributed by atoms with Crippen LogP contribution in [0.15, 0.2) is 90.0 Å². The lowest BCUT2D eigenvalue weighted by Crippen LogP contribution is -2.27. The summed E-state index contributed by atoms with van der Waals surface area (Å²) in [6.07, 6.45) is 3.78. The van der Waals surface area contributed by atoms with Crippen LogP contribution >= 0.6 is 23.4 Å². The number of hydrogen-bond acceptors (Lipinski definition) is 4. The maximum Gasteiger partial charge on any atom is 0.298 e. The summed E-state index contributed by atoms with van der Waals surface area (Å²) >= 11 is 6.88. The number of anilines is 1. The minimum absolute atomic E-state index is 0.325. The smallest absolute Gasteiger partial charge is 0.298 e. The number of halogens is 1. The lowest BCUT2D eigenvalue weighted by atomic mass is 10.1. The summed E-state index contributed by atoms with van der Waals surface area (Å²) in [6, 6.07) is 24.3. The number of hydrogen-bond donors (Lipinski definition) is 0. The Morgan fingerprint density at radius 2 is 1.64 bits per heavy atom. The lowest BCUT2D eigenvalue weighted by molar-refractivity contribution is -0.113. The third kappa shape index (κ3) is 4.40. The van der Waals surface area contributed by atoms with E-state index in [9.17, 15) is 9.59 Å². The molecule has 7 heteroatoms. The van der Waals surface area contributed by atoms with E-state index in [1.54, 1.807) is 30.3 Å². The van der Waals surface area contributed by atoms with E-state index < -0.39 is 0 Å². The molecule has 164 valence electrons. The molecule has 0 saturated carbocycles. The molecule has 3 aromatic carbocycles. The number of nitrogens with zero attached hydrogens (tertiary/aromatic N) is 2. The van der Waals surface area contributed by atoms with Gasteiger partial charge in [0.15, 0.2) is 0 Å². The molecular weight excluding hydrogens is 456 g/mol. The van der Waals surface area contributed by atoms with Gasteiger partial charge in [-0.2, -0.15) is 0 Å². The number of fused-ring (bicyclic) bond motifs is 1. The van der Waals surface area contributed by atoms with Crippen LogP contribution in [-0.2, 0) is 11.3 Å². The van der Waals surface area contributed by atoms with Crippen LogP contribution in [0.3, 0.4) is 0 Å². The van der Waals surface area contributed by atoms with Crippen molar-refractivity contribution < 1.29 is 14.3 Å². The van der Waals surface area contributed by atoms with E-state index in [1.165, 1.54) is 4.90 Å². The molecule has 33 heavy (non-hydrogen) atoms. The molecule has 0 spiro atoms. The molecule has 2 heterocycles. The van der Waals surface area contributed by atoms with Crippen molar-refractivity contribution in [2.75, 3.05) is 11.5 Å². The highest BCUT2D eigenvalue weighted by molar-refractivity contribution is 8.19. The van der Waals surface area contributed by atoms with Gasteiger partial charge < -0.3 is 9.30 Å². The van der Waals surface area contributed by atoms with Crippen LogP contribution in [0.25, 0.3) is 17.0 Å². The molecule has 1 aliphatic rings. The van der Waals surface area contributed by atoms with Gasteiger partial charge in [-0.3, -0.25) is 9.59 Å². The molecule has 0 unspecified atom stereocenters. The molecular formula is C26H19ClN2O3S. The predicted octanol–water partition coefficient (Wildman–Crippen LogP) is 6.61. The number of aromatic nitrogens is 1. The van der Waals surface area contributed by atoms with Gasteiger partial charge in [0, 0.05) is 27.7 Å². The monoisotopic (exact) mass is 474 g/mol. The Hall–Kier alpha value is -3.48. The topological polar surface area (TPSA) is 51.5 Å². The number of ether oxygens (including phenoxy) is 1. The van der Waals surface area contributed by atoms with E-state index in [1.807, 2.05) is 60.8 Å². The van der Waals surface area contributed by atoms with Gasteiger partial charge in [-0.1, -0.05) is 48.0 Å². The Bertz CT molecular complexity index is 1360.